The van der Waals surface area contributed by atoms with Crippen LogP contribution in [-0.4, -0.2) is 45.5 Å². The van der Waals surface area contributed by atoms with E-state index in [1.807, 2.05) is 47.6 Å². The highest BCUT2D eigenvalue weighted by molar-refractivity contribution is 6.34. The largest absolute Gasteiger partial charge is 0.390 e. The van der Waals surface area contributed by atoms with Gasteiger partial charge in [-0.1, -0.05) is 58.0 Å². The lowest BCUT2D eigenvalue weighted by Crippen LogP contribution is -2.81. The molecule has 5 aliphatic carbocycles. The molecule has 2 saturated heterocycles. The Labute approximate surface area is 231 Å². The second-order valence-corrected chi connectivity index (χ2v) is 15.9. The van der Waals surface area contributed by atoms with Gasteiger partial charge in [-0.15, -0.1) is 0 Å². The number of carbonyl (C=O) groups excluding carboxylic acids is 3. The van der Waals surface area contributed by atoms with Crippen LogP contribution >= 0.6 is 0 Å². The normalized spacial score (nSPS) is 47.7. The molecule has 7 aliphatic rings. The molecule has 8 atom stereocenters. The minimum Gasteiger partial charge on any atom is -0.390 e. The third-order valence-corrected chi connectivity index (χ3v) is 13.0. The van der Waals surface area contributed by atoms with Gasteiger partial charge in [-0.05, 0) is 82.0 Å². The number of carbonyl (C=O) groups is 3. The summed E-state index contributed by atoms with van der Waals surface area (Å²) in [7, 11) is 0. The van der Waals surface area contributed by atoms with Crippen molar-refractivity contribution in [3.63, 3.8) is 0 Å². The van der Waals surface area contributed by atoms with Gasteiger partial charge in [-0.3, -0.25) is 14.4 Å². The molecule has 8 rings (SSSR count). The number of Topliss-reactive ketones (excluding diaryl/α,β-unsaturated/α-hetero) is 3. The van der Waals surface area contributed by atoms with Crippen LogP contribution in [0, 0.1) is 44.8 Å². The Morgan fingerprint density at radius 3 is 2.18 bits per heavy atom. The van der Waals surface area contributed by atoms with Crippen molar-refractivity contribution >= 4 is 17.3 Å². The predicted molar refractivity (Wildman–Crippen MR) is 144 cm³/mol. The van der Waals surface area contributed by atoms with Gasteiger partial charge in [-0.25, -0.2) is 0 Å². The van der Waals surface area contributed by atoms with E-state index in [1.54, 1.807) is 24.3 Å². The van der Waals surface area contributed by atoms with Gasteiger partial charge in [0.25, 0.3) is 0 Å². The number of hydrogen-bond acceptors (Lipinski definition) is 6. The molecule has 210 valence electrons. The molecule has 6 heteroatoms. The Morgan fingerprint density at radius 1 is 0.949 bits per heavy atom. The Bertz CT molecular complexity index is 1340. The Morgan fingerprint density at radius 2 is 1.59 bits per heavy atom. The first-order chi connectivity index (χ1) is 17.9. The van der Waals surface area contributed by atoms with Crippen molar-refractivity contribution in [2.45, 2.75) is 104 Å². The SMILES string of the molecule is CC1(C)O[C@@]23OC1C[C@@]21C[C@@H]2C[C@@H]4C(C)(C)[C@@H](C(C)(C)O)C[C@@]43C(=O)[C@](C(=O)c3ccccc3)(C1=O)C2(C)C. The van der Waals surface area contributed by atoms with Gasteiger partial charge < -0.3 is 14.6 Å². The fraction of sp³-hybridized carbons (Fsp3) is 0.727. The van der Waals surface area contributed by atoms with Crippen molar-refractivity contribution in [1.82, 2.24) is 0 Å². The van der Waals surface area contributed by atoms with E-state index in [-0.39, 0.29) is 41.2 Å². The topological polar surface area (TPSA) is 89.9 Å². The highest BCUT2D eigenvalue weighted by atomic mass is 16.8. The van der Waals surface area contributed by atoms with Crippen molar-refractivity contribution < 1.29 is 29.0 Å². The Kier molecular flexibility index (Phi) is 4.52. The summed E-state index contributed by atoms with van der Waals surface area (Å²) in [4.78, 5) is 45.9. The Balaban J connectivity index is 1.60. The molecule has 39 heavy (non-hydrogen) atoms. The molecular formula is C33H42O6. The lowest BCUT2D eigenvalue weighted by molar-refractivity contribution is -0.313. The monoisotopic (exact) mass is 534 g/mol. The Hall–Kier alpha value is -1.89. The minimum absolute atomic E-state index is 0.0624. The third-order valence-electron chi connectivity index (χ3n) is 13.0. The number of ether oxygens (including phenoxy) is 2. The minimum atomic E-state index is -1.83. The van der Waals surface area contributed by atoms with E-state index < -0.39 is 44.1 Å². The quantitative estimate of drug-likeness (QED) is 0.426. The van der Waals surface area contributed by atoms with Crippen molar-refractivity contribution in [2.24, 2.45) is 44.8 Å². The van der Waals surface area contributed by atoms with Gasteiger partial charge in [0, 0.05) is 5.56 Å². The summed E-state index contributed by atoms with van der Waals surface area (Å²) in [6, 6.07) is 8.88. The molecule has 1 aromatic carbocycles. The zero-order valence-corrected chi connectivity index (χ0v) is 24.5. The molecule has 6 nitrogen and oxygen atoms in total. The van der Waals surface area contributed by atoms with E-state index in [9.17, 15) is 9.90 Å². The number of benzene rings is 1. The van der Waals surface area contributed by atoms with Crippen LogP contribution in [0.2, 0.25) is 0 Å². The summed E-state index contributed by atoms with van der Waals surface area (Å²) >= 11 is 0. The van der Waals surface area contributed by atoms with Crippen LogP contribution in [0.3, 0.4) is 0 Å². The van der Waals surface area contributed by atoms with E-state index in [0.29, 0.717) is 31.2 Å². The lowest BCUT2D eigenvalue weighted by Gasteiger charge is -2.66. The number of hydrogen-bond donors (Lipinski definition) is 1. The fourth-order valence-corrected chi connectivity index (χ4v) is 11.3. The van der Waals surface area contributed by atoms with Gasteiger partial charge in [0.1, 0.15) is 0 Å². The average molecular weight is 535 g/mol. The standard InChI is InChI=1S/C33H42O6/c1-26(2)20-14-19-15-30-17-22-29(7,8)39-33(30,38-22)31(20,16-21(26)28(5,6)37)25(36)32(24(30)35,27(19,3)4)23(34)18-12-10-9-11-13-18/h9-13,19-22,37H,14-17H2,1-8H3/t19-,20+,21-,22?,30+,31-,32-,33-/m0/s1. The van der Waals surface area contributed by atoms with Crippen LogP contribution in [0.25, 0.3) is 0 Å². The molecule has 0 radical (unpaired) electrons. The molecular weight excluding hydrogens is 492 g/mol. The number of fused-ring (bicyclic) bond motifs is 1. The second kappa shape index (κ2) is 6.77. The van der Waals surface area contributed by atoms with E-state index in [1.165, 1.54) is 0 Å². The van der Waals surface area contributed by atoms with E-state index in [0.717, 1.165) is 0 Å². The van der Waals surface area contributed by atoms with E-state index in [2.05, 4.69) is 13.8 Å². The van der Waals surface area contributed by atoms with Crippen molar-refractivity contribution in [3.8, 4) is 0 Å². The molecule has 1 unspecified atom stereocenters. The van der Waals surface area contributed by atoms with Crippen LogP contribution in [0.1, 0.15) is 91.4 Å². The van der Waals surface area contributed by atoms with Crippen LogP contribution in [-0.2, 0) is 19.1 Å². The maximum atomic E-state index is 15.8. The third kappa shape index (κ3) is 2.37. The first-order valence-corrected chi connectivity index (χ1v) is 14.7. The highest BCUT2D eigenvalue weighted by Crippen LogP contribution is 2.85. The highest BCUT2D eigenvalue weighted by Gasteiger charge is 2.95. The second-order valence-electron chi connectivity index (χ2n) is 15.9. The van der Waals surface area contributed by atoms with Crippen molar-refractivity contribution in [3.05, 3.63) is 35.9 Å². The molecule has 2 heterocycles. The summed E-state index contributed by atoms with van der Waals surface area (Å²) in [5, 5.41) is 11.5. The molecule has 3 spiro atoms. The van der Waals surface area contributed by atoms with Crippen molar-refractivity contribution in [1.29, 1.82) is 0 Å². The zero-order valence-electron chi connectivity index (χ0n) is 24.5. The zero-order chi connectivity index (χ0) is 28.4. The van der Waals surface area contributed by atoms with Gasteiger partial charge >= 0.3 is 0 Å². The number of ketones is 3. The lowest BCUT2D eigenvalue weighted by atomic mass is 9.35. The van der Waals surface area contributed by atoms with Gasteiger partial charge in [0.15, 0.2) is 28.6 Å². The number of rotatable bonds is 3. The van der Waals surface area contributed by atoms with Crippen LogP contribution < -0.4 is 0 Å². The summed E-state index contributed by atoms with van der Waals surface area (Å²) in [5.74, 6) is -2.95. The summed E-state index contributed by atoms with van der Waals surface area (Å²) < 4.78 is 13.9. The first-order valence-electron chi connectivity index (χ1n) is 14.7. The van der Waals surface area contributed by atoms with Gasteiger partial charge in [0.2, 0.25) is 0 Å². The molecule has 2 aliphatic heterocycles. The maximum absolute atomic E-state index is 15.8. The molecule has 0 amide bonds. The molecule has 0 aromatic heterocycles. The van der Waals surface area contributed by atoms with Crippen LogP contribution in [0.15, 0.2) is 30.3 Å². The fourth-order valence-electron chi connectivity index (χ4n) is 11.3. The summed E-state index contributed by atoms with van der Waals surface area (Å²) in [6.07, 6.45) is 1.70. The van der Waals surface area contributed by atoms with Crippen molar-refractivity contribution in [2.75, 3.05) is 0 Å². The molecule has 1 aromatic rings. The molecule has 6 bridgehead atoms. The van der Waals surface area contributed by atoms with E-state index in [4.69, 9.17) is 9.47 Å². The molecule has 7 fully saturated rings. The van der Waals surface area contributed by atoms with Crippen LogP contribution in [0.4, 0.5) is 0 Å². The van der Waals surface area contributed by atoms with Gasteiger partial charge in [0.05, 0.1) is 28.1 Å². The van der Waals surface area contributed by atoms with Crippen LogP contribution in [0.5, 0.6) is 0 Å². The number of aliphatic hydroxyl groups is 1. The predicted octanol–water partition coefficient (Wildman–Crippen LogP) is 5.16. The average Bonchev–Trinajstić information content (AvgIpc) is 3.36. The van der Waals surface area contributed by atoms with E-state index >= 15 is 9.59 Å². The smallest absolute Gasteiger partial charge is 0.195 e. The first kappa shape index (κ1) is 26.0. The molecule has 1 N–H and O–H groups in total. The van der Waals surface area contributed by atoms with Gasteiger partial charge in [-0.2, -0.15) is 0 Å². The summed E-state index contributed by atoms with van der Waals surface area (Å²) in [5.41, 5.74) is -6.83. The molecule has 5 saturated carbocycles. The summed E-state index contributed by atoms with van der Waals surface area (Å²) in [6.45, 7) is 15.9. The maximum Gasteiger partial charge on any atom is 0.195 e.